The first-order valence-corrected chi connectivity index (χ1v) is 7.04. The summed E-state index contributed by atoms with van der Waals surface area (Å²) in [6, 6.07) is 17.3. The third-order valence-corrected chi connectivity index (χ3v) is 3.45. The molecule has 0 aromatic heterocycles. The highest BCUT2D eigenvalue weighted by Gasteiger charge is 2.07. The van der Waals surface area contributed by atoms with Crippen molar-refractivity contribution < 1.29 is 4.79 Å². The summed E-state index contributed by atoms with van der Waals surface area (Å²) >= 11 is 0. The zero-order chi connectivity index (χ0) is 15.2. The Kier molecular flexibility index (Phi) is 4.73. The van der Waals surface area contributed by atoms with Crippen molar-refractivity contribution in [3.63, 3.8) is 0 Å². The quantitative estimate of drug-likeness (QED) is 0.828. The van der Waals surface area contributed by atoms with Crippen molar-refractivity contribution in [3.8, 4) is 6.07 Å². The molecule has 3 heteroatoms. The molecule has 0 bridgehead atoms. The Hall–Kier alpha value is -2.60. The molecule has 1 atom stereocenters. The van der Waals surface area contributed by atoms with Crippen LogP contribution in [-0.4, -0.2) is 5.78 Å². The Morgan fingerprint density at radius 2 is 1.76 bits per heavy atom. The van der Waals surface area contributed by atoms with Gasteiger partial charge in [0.25, 0.3) is 0 Å². The van der Waals surface area contributed by atoms with E-state index in [1.165, 1.54) is 0 Å². The van der Waals surface area contributed by atoms with Crippen molar-refractivity contribution in [3.05, 3.63) is 65.2 Å². The number of hydrogen-bond acceptors (Lipinski definition) is 3. The van der Waals surface area contributed by atoms with Gasteiger partial charge in [-0.2, -0.15) is 5.26 Å². The number of Topliss-reactive ketones (excluding diaryl/α,β-unsaturated/α-hetero) is 1. The molecular weight excluding hydrogens is 260 g/mol. The van der Waals surface area contributed by atoms with Crippen LogP contribution < -0.4 is 5.32 Å². The van der Waals surface area contributed by atoms with E-state index >= 15 is 0 Å². The molecule has 0 aliphatic carbocycles. The lowest BCUT2D eigenvalue weighted by Gasteiger charge is -2.16. The second-order valence-corrected chi connectivity index (χ2v) is 4.95. The molecule has 2 aromatic rings. The van der Waals surface area contributed by atoms with Crippen LogP contribution in [0.3, 0.4) is 0 Å². The molecule has 1 N–H and O–H groups in total. The Balaban J connectivity index is 2.06. The molecule has 0 aliphatic heterocycles. The Bertz CT molecular complexity index is 651. The molecule has 1 unspecified atom stereocenters. The molecule has 3 nitrogen and oxygen atoms in total. The van der Waals surface area contributed by atoms with Gasteiger partial charge in [0, 0.05) is 23.7 Å². The van der Waals surface area contributed by atoms with Crippen molar-refractivity contribution in [2.24, 2.45) is 0 Å². The van der Waals surface area contributed by atoms with E-state index < -0.39 is 0 Å². The summed E-state index contributed by atoms with van der Waals surface area (Å²) < 4.78 is 0. The van der Waals surface area contributed by atoms with Gasteiger partial charge in [-0.25, -0.2) is 0 Å². The van der Waals surface area contributed by atoms with Gasteiger partial charge in [0.2, 0.25) is 0 Å². The van der Waals surface area contributed by atoms with Crippen LogP contribution in [0.2, 0.25) is 0 Å². The van der Waals surface area contributed by atoms with E-state index in [0.717, 1.165) is 16.8 Å². The molecule has 0 fully saturated rings. The SMILES string of the molecule is CCC(=O)c1ccc(NC(C)c2ccc(C#N)cc2)cc1. The fraction of sp³-hybridized carbons (Fsp3) is 0.222. The summed E-state index contributed by atoms with van der Waals surface area (Å²) in [6.45, 7) is 3.92. The maximum absolute atomic E-state index is 11.6. The Morgan fingerprint density at radius 1 is 1.14 bits per heavy atom. The number of hydrogen-bond donors (Lipinski definition) is 1. The molecule has 0 amide bonds. The highest BCUT2D eigenvalue weighted by molar-refractivity contribution is 5.96. The van der Waals surface area contributed by atoms with Gasteiger partial charge in [0.1, 0.15) is 0 Å². The zero-order valence-electron chi connectivity index (χ0n) is 12.3. The number of benzene rings is 2. The Labute approximate surface area is 125 Å². The van der Waals surface area contributed by atoms with Crippen LogP contribution in [0.25, 0.3) is 0 Å². The standard InChI is InChI=1S/C18H18N2O/c1-3-18(21)16-8-10-17(11-9-16)20-13(2)15-6-4-14(12-19)5-7-15/h4-11,13,20H,3H2,1-2H3. The normalized spacial score (nSPS) is 11.5. The summed E-state index contributed by atoms with van der Waals surface area (Å²) in [6.07, 6.45) is 0.522. The predicted octanol–water partition coefficient (Wildman–Crippen LogP) is 4.32. The molecule has 106 valence electrons. The highest BCUT2D eigenvalue weighted by atomic mass is 16.1. The van der Waals surface area contributed by atoms with Gasteiger partial charge in [0.05, 0.1) is 11.6 Å². The van der Waals surface area contributed by atoms with E-state index in [1.54, 1.807) is 0 Å². The van der Waals surface area contributed by atoms with E-state index in [2.05, 4.69) is 18.3 Å². The molecule has 0 radical (unpaired) electrons. The molecule has 0 aliphatic rings. The van der Waals surface area contributed by atoms with E-state index in [9.17, 15) is 4.79 Å². The number of nitrogens with one attached hydrogen (secondary N) is 1. The summed E-state index contributed by atoms with van der Waals surface area (Å²) in [7, 11) is 0. The van der Waals surface area contributed by atoms with Gasteiger partial charge < -0.3 is 5.32 Å². The minimum atomic E-state index is 0.130. The number of nitrogens with zero attached hydrogens (tertiary/aromatic N) is 1. The molecule has 0 spiro atoms. The van der Waals surface area contributed by atoms with Crippen molar-refractivity contribution in [1.82, 2.24) is 0 Å². The lowest BCUT2D eigenvalue weighted by Crippen LogP contribution is -2.06. The minimum absolute atomic E-state index is 0.130. The first-order chi connectivity index (χ1) is 10.1. The topological polar surface area (TPSA) is 52.9 Å². The highest BCUT2D eigenvalue weighted by Crippen LogP contribution is 2.20. The molecule has 21 heavy (non-hydrogen) atoms. The van der Waals surface area contributed by atoms with Gasteiger partial charge in [-0.3, -0.25) is 4.79 Å². The van der Waals surface area contributed by atoms with Crippen LogP contribution in [0.5, 0.6) is 0 Å². The van der Waals surface area contributed by atoms with Crippen molar-refractivity contribution >= 4 is 11.5 Å². The smallest absolute Gasteiger partial charge is 0.162 e. The number of anilines is 1. The van der Waals surface area contributed by atoms with E-state index in [4.69, 9.17) is 5.26 Å². The van der Waals surface area contributed by atoms with E-state index in [1.807, 2.05) is 55.5 Å². The average molecular weight is 278 g/mol. The number of rotatable bonds is 5. The summed E-state index contributed by atoms with van der Waals surface area (Å²) in [5, 5.41) is 12.2. The zero-order valence-corrected chi connectivity index (χ0v) is 12.3. The van der Waals surface area contributed by atoms with E-state index in [0.29, 0.717) is 12.0 Å². The first kappa shape index (κ1) is 14.8. The average Bonchev–Trinajstić information content (AvgIpc) is 2.55. The predicted molar refractivity (Wildman–Crippen MR) is 84.3 cm³/mol. The fourth-order valence-electron chi connectivity index (χ4n) is 2.14. The minimum Gasteiger partial charge on any atom is -0.379 e. The summed E-state index contributed by atoms with van der Waals surface area (Å²) in [5.74, 6) is 0.154. The van der Waals surface area contributed by atoms with Crippen molar-refractivity contribution in [2.75, 3.05) is 5.32 Å². The third-order valence-electron chi connectivity index (χ3n) is 3.45. The number of nitriles is 1. The molecule has 0 heterocycles. The summed E-state index contributed by atoms with van der Waals surface area (Å²) in [5.41, 5.74) is 3.49. The monoisotopic (exact) mass is 278 g/mol. The van der Waals surface area contributed by atoms with Crippen LogP contribution in [0.15, 0.2) is 48.5 Å². The summed E-state index contributed by atoms with van der Waals surface area (Å²) in [4.78, 5) is 11.6. The second-order valence-electron chi connectivity index (χ2n) is 4.95. The van der Waals surface area contributed by atoms with Crippen LogP contribution in [-0.2, 0) is 0 Å². The van der Waals surface area contributed by atoms with E-state index in [-0.39, 0.29) is 11.8 Å². The van der Waals surface area contributed by atoms with Crippen LogP contribution in [0.4, 0.5) is 5.69 Å². The van der Waals surface area contributed by atoms with Gasteiger partial charge in [0.15, 0.2) is 5.78 Å². The lowest BCUT2D eigenvalue weighted by atomic mass is 10.1. The molecular formula is C18H18N2O. The first-order valence-electron chi connectivity index (χ1n) is 7.04. The number of ketones is 1. The van der Waals surface area contributed by atoms with Crippen LogP contribution in [0.1, 0.15) is 47.8 Å². The lowest BCUT2D eigenvalue weighted by molar-refractivity contribution is 0.0988. The maximum atomic E-state index is 11.6. The molecule has 2 aromatic carbocycles. The van der Waals surface area contributed by atoms with Gasteiger partial charge >= 0.3 is 0 Å². The molecule has 0 saturated heterocycles. The molecule has 2 rings (SSSR count). The van der Waals surface area contributed by atoms with Crippen LogP contribution >= 0.6 is 0 Å². The van der Waals surface area contributed by atoms with Crippen molar-refractivity contribution in [1.29, 1.82) is 5.26 Å². The van der Waals surface area contributed by atoms with Gasteiger partial charge in [-0.05, 0) is 48.9 Å². The van der Waals surface area contributed by atoms with Crippen LogP contribution in [0, 0.1) is 11.3 Å². The third kappa shape index (κ3) is 3.70. The maximum Gasteiger partial charge on any atom is 0.162 e. The van der Waals surface area contributed by atoms with Gasteiger partial charge in [-0.1, -0.05) is 19.1 Å². The Morgan fingerprint density at radius 3 is 2.29 bits per heavy atom. The van der Waals surface area contributed by atoms with Crippen molar-refractivity contribution in [2.45, 2.75) is 26.3 Å². The number of carbonyl (C=O) groups excluding carboxylic acids is 1. The van der Waals surface area contributed by atoms with Gasteiger partial charge in [-0.15, -0.1) is 0 Å². The molecule has 0 saturated carbocycles. The largest absolute Gasteiger partial charge is 0.379 e. The number of carbonyl (C=O) groups is 1. The fourth-order valence-corrected chi connectivity index (χ4v) is 2.14. The second kappa shape index (κ2) is 6.71.